The van der Waals surface area contributed by atoms with Crippen LogP contribution in [0.3, 0.4) is 0 Å². The number of anilines is 1. The molecule has 1 fully saturated rings. The molecule has 0 spiro atoms. The summed E-state index contributed by atoms with van der Waals surface area (Å²) in [6, 6.07) is 4.42. The monoisotopic (exact) mass is 285 g/mol. The largest absolute Gasteiger partial charge is 0.397 e. The summed E-state index contributed by atoms with van der Waals surface area (Å²) in [5.74, 6) is 0.152. The molecule has 0 radical (unpaired) electrons. The third-order valence-corrected chi connectivity index (χ3v) is 3.89. The van der Waals surface area contributed by atoms with Crippen LogP contribution in [0, 0.1) is 6.92 Å². The van der Waals surface area contributed by atoms with E-state index in [1.165, 1.54) is 4.57 Å². The Labute approximate surface area is 120 Å². The molecule has 2 N–H and O–H groups in total. The highest BCUT2D eigenvalue weighted by atomic mass is 16.2. The predicted molar refractivity (Wildman–Crippen MR) is 78.1 cm³/mol. The van der Waals surface area contributed by atoms with Crippen molar-refractivity contribution in [3.63, 3.8) is 0 Å². The lowest BCUT2D eigenvalue weighted by molar-refractivity contribution is -0.132. The second-order valence-electron chi connectivity index (χ2n) is 5.31. The average Bonchev–Trinajstić information content (AvgIpc) is 2.42. The molecule has 1 aliphatic rings. The van der Waals surface area contributed by atoms with Gasteiger partial charge in [-0.25, -0.2) is 4.98 Å². The number of aryl methyl sites for hydroxylation is 1. The molecule has 1 heterocycles. The van der Waals surface area contributed by atoms with Gasteiger partial charge in [-0.05, 0) is 25.5 Å². The van der Waals surface area contributed by atoms with E-state index < -0.39 is 6.04 Å². The zero-order valence-electron chi connectivity index (χ0n) is 11.6. The van der Waals surface area contributed by atoms with Crippen LogP contribution in [0.15, 0.2) is 23.0 Å². The van der Waals surface area contributed by atoms with Crippen molar-refractivity contribution in [1.29, 1.82) is 0 Å². The van der Waals surface area contributed by atoms with Crippen LogP contribution in [0.4, 0.5) is 5.69 Å². The normalized spacial score (nSPS) is 19.2. The molecular formula is C15H15N3O3. The molecule has 0 aliphatic heterocycles. The highest BCUT2D eigenvalue weighted by molar-refractivity contribution is 6.03. The van der Waals surface area contributed by atoms with Crippen molar-refractivity contribution in [2.24, 2.45) is 0 Å². The summed E-state index contributed by atoms with van der Waals surface area (Å²) in [6.07, 6.45) is 0.566. The number of ketones is 2. The molecule has 1 aliphatic carbocycles. The molecule has 21 heavy (non-hydrogen) atoms. The van der Waals surface area contributed by atoms with E-state index in [0.717, 1.165) is 0 Å². The Kier molecular flexibility index (Phi) is 3.08. The molecular weight excluding hydrogens is 270 g/mol. The maximum Gasteiger partial charge on any atom is 0.262 e. The SMILES string of the molecule is Cc1nc2c(N)cccc2c(=O)n1C1CCC(=O)CC1=O. The van der Waals surface area contributed by atoms with Gasteiger partial charge in [0.1, 0.15) is 17.1 Å². The first-order valence-electron chi connectivity index (χ1n) is 6.81. The number of carbonyl (C=O) groups excluding carboxylic acids is 2. The zero-order valence-corrected chi connectivity index (χ0v) is 11.6. The summed E-state index contributed by atoms with van der Waals surface area (Å²) in [5.41, 5.74) is 6.46. The van der Waals surface area contributed by atoms with Crippen LogP contribution < -0.4 is 11.3 Å². The Bertz CT molecular complexity index is 823. The van der Waals surface area contributed by atoms with Crippen molar-refractivity contribution in [2.75, 3.05) is 5.73 Å². The summed E-state index contributed by atoms with van der Waals surface area (Å²) >= 11 is 0. The van der Waals surface area contributed by atoms with Crippen LogP contribution in [0.5, 0.6) is 0 Å². The number of aromatic nitrogens is 2. The van der Waals surface area contributed by atoms with Gasteiger partial charge in [0, 0.05) is 6.42 Å². The van der Waals surface area contributed by atoms with Crippen LogP contribution in [0.25, 0.3) is 10.9 Å². The summed E-state index contributed by atoms with van der Waals surface area (Å²) in [6.45, 7) is 1.68. The third-order valence-electron chi connectivity index (χ3n) is 3.89. The highest BCUT2D eigenvalue weighted by Gasteiger charge is 2.30. The number of carbonyl (C=O) groups is 2. The van der Waals surface area contributed by atoms with Gasteiger partial charge in [0.05, 0.1) is 23.5 Å². The average molecular weight is 285 g/mol. The zero-order chi connectivity index (χ0) is 15.1. The van der Waals surface area contributed by atoms with Gasteiger partial charge < -0.3 is 5.73 Å². The van der Waals surface area contributed by atoms with E-state index in [4.69, 9.17) is 5.73 Å². The van der Waals surface area contributed by atoms with Gasteiger partial charge in [-0.1, -0.05) is 6.07 Å². The number of rotatable bonds is 1. The molecule has 1 unspecified atom stereocenters. The van der Waals surface area contributed by atoms with Crippen molar-refractivity contribution >= 4 is 28.2 Å². The van der Waals surface area contributed by atoms with Crippen LogP contribution in [-0.2, 0) is 9.59 Å². The molecule has 1 saturated carbocycles. The molecule has 6 nitrogen and oxygen atoms in total. The van der Waals surface area contributed by atoms with E-state index in [0.29, 0.717) is 35.3 Å². The Morgan fingerprint density at radius 3 is 2.76 bits per heavy atom. The first-order valence-corrected chi connectivity index (χ1v) is 6.81. The van der Waals surface area contributed by atoms with Gasteiger partial charge in [0.25, 0.3) is 5.56 Å². The molecule has 0 amide bonds. The fraction of sp³-hybridized carbons (Fsp3) is 0.333. The number of Topliss-reactive ketones (excluding diaryl/α,β-unsaturated/α-hetero) is 2. The fourth-order valence-corrected chi connectivity index (χ4v) is 2.85. The molecule has 1 atom stereocenters. The minimum atomic E-state index is -0.603. The number of nitrogen functional groups attached to an aromatic ring is 1. The summed E-state index contributed by atoms with van der Waals surface area (Å²) in [4.78, 5) is 40.4. The van der Waals surface area contributed by atoms with Crippen molar-refractivity contribution in [3.05, 3.63) is 34.4 Å². The number of benzene rings is 1. The summed E-state index contributed by atoms with van der Waals surface area (Å²) in [7, 11) is 0. The number of nitrogens with zero attached hydrogens (tertiary/aromatic N) is 2. The molecule has 1 aromatic heterocycles. The Morgan fingerprint density at radius 2 is 2.05 bits per heavy atom. The van der Waals surface area contributed by atoms with Crippen LogP contribution >= 0.6 is 0 Å². The Hall–Kier alpha value is -2.50. The molecule has 0 saturated heterocycles. The van der Waals surface area contributed by atoms with Crippen molar-refractivity contribution in [2.45, 2.75) is 32.2 Å². The van der Waals surface area contributed by atoms with E-state index in [2.05, 4.69) is 4.98 Å². The Balaban J connectivity index is 2.22. The lowest BCUT2D eigenvalue weighted by Crippen LogP contribution is -2.36. The molecule has 108 valence electrons. The molecule has 3 rings (SSSR count). The van der Waals surface area contributed by atoms with E-state index >= 15 is 0 Å². The van der Waals surface area contributed by atoms with Gasteiger partial charge in [0.15, 0.2) is 5.78 Å². The Morgan fingerprint density at radius 1 is 1.29 bits per heavy atom. The van der Waals surface area contributed by atoms with Crippen LogP contribution in [0.1, 0.15) is 31.1 Å². The quantitative estimate of drug-likeness (QED) is 0.626. The maximum absolute atomic E-state index is 12.7. The van der Waals surface area contributed by atoms with Gasteiger partial charge in [-0.3, -0.25) is 19.0 Å². The number of hydrogen-bond acceptors (Lipinski definition) is 5. The van der Waals surface area contributed by atoms with Gasteiger partial charge in [-0.15, -0.1) is 0 Å². The van der Waals surface area contributed by atoms with Crippen LogP contribution in [-0.4, -0.2) is 21.1 Å². The van der Waals surface area contributed by atoms with Crippen molar-refractivity contribution in [1.82, 2.24) is 9.55 Å². The molecule has 6 heteroatoms. The molecule has 1 aromatic carbocycles. The van der Waals surface area contributed by atoms with Crippen molar-refractivity contribution < 1.29 is 9.59 Å². The second kappa shape index (κ2) is 4.80. The van der Waals surface area contributed by atoms with E-state index in [9.17, 15) is 14.4 Å². The first kappa shape index (κ1) is 13.5. The predicted octanol–water partition coefficient (Wildman–Crippen LogP) is 1.15. The first-order chi connectivity index (χ1) is 9.99. The molecule has 0 bridgehead atoms. The van der Waals surface area contributed by atoms with Gasteiger partial charge >= 0.3 is 0 Å². The number of fused-ring (bicyclic) bond motifs is 1. The number of para-hydroxylation sites is 1. The summed E-state index contributed by atoms with van der Waals surface area (Å²) in [5, 5.41) is 0.394. The maximum atomic E-state index is 12.7. The van der Waals surface area contributed by atoms with Gasteiger partial charge in [-0.2, -0.15) is 0 Å². The summed E-state index contributed by atoms with van der Waals surface area (Å²) < 4.78 is 1.40. The van der Waals surface area contributed by atoms with E-state index in [1.807, 2.05) is 0 Å². The van der Waals surface area contributed by atoms with Crippen LogP contribution in [0.2, 0.25) is 0 Å². The van der Waals surface area contributed by atoms with Gasteiger partial charge in [0.2, 0.25) is 0 Å². The topological polar surface area (TPSA) is 95.0 Å². The smallest absolute Gasteiger partial charge is 0.262 e. The fourth-order valence-electron chi connectivity index (χ4n) is 2.85. The number of hydrogen-bond donors (Lipinski definition) is 1. The lowest BCUT2D eigenvalue weighted by atomic mass is 9.92. The lowest BCUT2D eigenvalue weighted by Gasteiger charge is -2.24. The standard InChI is InChI=1S/C15H15N3O3/c1-8-17-14-10(3-2-4-11(14)16)15(21)18(8)12-6-5-9(19)7-13(12)20/h2-4,12H,5-7,16H2,1H3. The highest BCUT2D eigenvalue weighted by Crippen LogP contribution is 2.24. The van der Waals surface area contributed by atoms with E-state index in [1.54, 1.807) is 25.1 Å². The minimum Gasteiger partial charge on any atom is -0.397 e. The minimum absolute atomic E-state index is 0.0695. The second-order valence-corrected chi connectivity index (χ2v) is 5.31. The third kappa shape index (κ3) is 2.12. The number of nitrogens with two attached hydrogens (primary N) is 1. The van der Waals surface area contributed by atoms with Crippen molar-refractivity contribution in [3.8, 4) is 0 Å². The molecule has 2 aromatic rings. The van der Waals surface area contributed by atoms with E-state index in [-0.39, 0.29) is 23.5 Å².